The molecule has 0 saturated carbocycles. The number of anilines is 1. The highest BCUT2D eigenvalue weighted by molar-refractivity contribution is 5.57. The first kappa shape index (κ1) is 15.6. The molecule has 1 atom stereocenters. The van der Waals surface area contributed by atoms with E-state index in [9.17, 15) is 0 Å². The van der Waals surface area contributed by atoms with Crippen molar-refractivity contribution < 1.29 is 0 Å². The number of hydrogen-bond acceptors (Lipinski definition) is 5. The first-order valence-corrected chi connectivity index (χ1v) is 9.01. The van der Waals surface area contributed by atoms with Crippen LogP contribution in [0.25, 0.3) is 0 Å². The molecule has 0 aliphatic carbocycles. The minimum Gasteiger partial charge on any atom is -0.371 e. The Morgan fingerprint density at radius 2 is 1.96 bits per heavy atom. The number of benzene rings is 1. The smallest absolute Gasteiger partial charge is 0.167 e. The van der Waals surface area contributed by atoms with Crippen molar-refractivity contribution in [2.24, 2.45) is 13.0 Å². The lowest BCUT2D eigenvalue weighted by molar-refractivity contribution is 0.136. The summed E-state index contributed by atoms with van der Waals surface area (Å²) in [5, 5.41) is 11.9. The molecule has 3 heterocycles. The molecule has 0 amide bonds. The third-order valence-corrected chi connectivity index (χ3v) is 5.69. The zero-order valence-electron chi connectivity index (χ0n) is 14.6. The number of hydrogen-bond donors (Lipinski definition) is 0. The SMILES string of the molecule is C[C@@H](c1nnnn1C)N1CCC(CN2CCc3ccccc32)CC1. The third kappa shape index (κ3) is 2.90. The molecule has 0 bridgehead atoms. The molecule has 4 rings (SSSR count). The number of tetrazole rings is 1. The largest absolute Gasteiger partial charge is 0.371 e. The van der Waals surface area contributed by atoms with Gasteiger partial charge in [0.25, 0.3) is 0 Å². The van der Waals surface area contributed by atoms with Crippen molar-refractivity contribution >= 4 is 5.69 Å². The molecular formula is C18H26N6. The average Bonchev–Trinajstić information content (AvgIpc) is 3.22. The van der Waals surface area contributed by atoms with Gasteiger partial charge in [-0.2, -0.15) is 0 Å². The van der Waals surface area contributed by atoms with Gasteiger partial charge in [0.15, 0.2) is 5.82 Å². The molecule has 0 N–H and O–H groups in total. The maximum absolute atomic E-state index is 4.17. The zero-order chi connectivity index (χ0) is 16.5. The van der Waals surface area contributed by atoms with Crippen LogP contribution >= 0.6 is 0 Å². The highest BCUT2D eigenvalue weighted by atomic mass is 15.5. The summed E-state index contributed by atoms with van der Waals surface area (Å²) in [6.45, 7) is 6.86. The molecule has 1 aromatic carbocycles. The average molecular weight is 326 g/mol. The Kier molecular flexibility index (Phi) is 4.22. The molecule has 0 unspecified atom stereocenters. The van der Waals surface area contributed by atoms with Gasteiger partial charge in [0.2, 0.25) is 0 Å². The Morgan fingerprint density at radius 3 is 2.71 bits per heavy atom. The first-order chi connectivity index (χ1) is 11.7. The quantitative estimate of drug-likeness (QED) is 0.861. The highest BCUT2D eigenvalue weighted by Gasteiger charge is 2.28. The third-order valence-electron chi connectivity index (χ3n) is 5.69. The monoisotopic (exact) mass is 326 g/mol. The van der Waals surface area contributed by atoms with Crippen molar-refractivity contribution in [1.29, 1.82) is 0 Å². The molecule has 1 saturated heterocycles. The lowest BCUT2D eigenvalue weighted by atomic mass is 9.95. The maximum Gasteiger partial charge on any atom is 0.167 e. The fraction of sp³-hybridized carbons (Fsp3) is 0.611. The van der Waals surface area contributed by atoms with E-state index in [-0.39, 0.29) is 0 Å². The molecule has 6 nitrogen and oxygen atoms in total. The van der Waals surface area contributed by atoms with Crippen LogP contribution in [-0.2, 0) is 13.5 Å². The number of aromatic nitrogens is 4. The minimum absolute atomic E-state index is 0.290. The van der Waals surface area contributed by atoms with E-state index in [2.05, 4.69) is 56.5 Å². The fourth-order valence-electron chi connectivity index (χ4n) is 4.18. The molecule has 2 aliphatic rings. The number of aryl methyl sites for hydroxylation is 1. The lowest BCUT2D eigenvalue weighted by Crippen LogP contribution is -2.40. The predicted octanol–water partition coefficient (Wildman–Crippen LogP) is 2.05. The van der Waals surface area contributed by atoms with Gasteiger partial charge >= 0.3 is 0 Å². The van der Waals surface area contributed by atoms with Crippen molar-refractivity contribution in [2.75, 3.05) is 31.1 Å². The van der Waals surface area contributed by atoms with Crippen LogP contribution in [0.15, 0.2) is 24.3 Å². The molecule has 2 aliphatic heterocycles. The lowest BCUT2D eigenvalue weighted by Gasteiger charge is -2.37. The van der Waals surface area contributed by atoms with E-state index in [1.807, 2.05) is 7.05 Å². The van der Waals surface area contributed by atoms with Gasteiger partial charge in [0.05, 0.1) is 6.04 Å². The molecule has 24 heavy (non-hydrogen) atoms. The fourth-order valence-corrected chi connectivity index (χ4v) is 4.18. The summed E-state index contributed by atoms with van der Waals surface area (Å²) in [4.78, 5) is 5.10. The summed E-state index contributed by atoms with van der Waals surface area (Å²) in [6, 6.07) is 9.16. The van der Waals surface area contributed by atoms with Crippen LogP contribution in [-0.4, -0.2) is 51.3 Å². The van der Waals surface area contributed by atoms with Crippen molar-refractivity contribution in [3.63, 3.8) is 0 Å². The van der Waals surface area contributed by atoms with Crippen molar-refractivity contribution in [3.05, 3.63) is 35.7 Å². The number of rotatable bonds is 4. The Bertz CT molecular complexity index is 688. The molecule has 1 fully saturated rings. The van der Waals surface area contributed by atoms with E-state index in [0.717, 1.165) is 24.8 Å². The van der Waals surface area contributed by atoms with Gasteiger partial charge in [-0.3, -0.25) is 4.90 Å². The highest BCUT2D eigenvalue weighted by Crippen LogP contribution is 2.31. The Balaban J connectivity index is 1.33. The van der Waals surface area contributed by atoms with Crippen LogP contribution in [0.3, 0.4) is 0 Å². The van der Waals surface area contributed by atoms with Crippen LogP contribution < -0.4 is 4.90 Å². The Morgan fingerprint density at radius 1 is 1.17 bits per heavy atom. The summed E-state index contributed by atoms with van der Waals surface area (Å²) in [7, 11) is 1.92. The van der Waals surface area contributed by atoms with Gasteiger partial charge in [-0.25, -0.2) is 4.68 Å². The van der Waals surface area contributed by atoms with E-state index in [1.54, 1.807) is 4.68 Å². The first-order valence-electron chi connectivity index (χ1n) is 9.01. The molecule has 0 radical (unpaired) electrons. The van der Waals surface area contributed by atoms with E-state index in [0.29, 0.717) is 6.04 Å². The number of para-hydroxylation sites is 1. The second-order valence-electron chi connectivity index (χ2n) is 7.14. The molecule has 6 heteroatoms. The van der Waals surface area contributed by atoms with Crippen molar-refractivity contribution in [2.45, 2.75) is 32.2 Å². The van der Waals surface area contributed by atoms with Gasteiger partial charge in [-0.15, -0.1) is 5.10 Å². The number of fused-ring (bicyclic) bond motifs is 1. The summed E-state index contributed by atoms with van der Waals surface area (Å²) >= 11 is 0. The second-order valence-corrected chi connectivity index (χ2v) is 7.14. The summed E-state index contributed by atoms with van der Waals surface area (Å²) < 4.78 is 1.79. The van der Waals surface area contributed by atoms with Crippen molar-refractivity contribution in [1.82, 2.24) is 25.1 Å². The Labute approximate surface area is 143 Å². The molecule has 0 spiro atoms. The van der Waals surface area contributed by atoms with Crippen LogP contribution in [0.5, 0.6) is 0 Å². The van der Waals surface area contributed by atoms with Crippen LogP contribution in [0.4, 0.5) is 5.69 Å². The van der Waals surface area contributed by atoms with E-state index in [1.165, 1.54) is 43.6 Å². The Hall–Kier alpha value is -1.95. The van der Waals surface area contributed by atoms with Gasteiger partial charge in [0.1, 0.15) is 0 Å². The predicted molar refractivity (Wildman–Crippen MR) is 93.9 cm³/mol. The summed E-state index contributed by atoms with van der Waals surface area (Å²) in [5.74, 6) is 1.75. The minimum atomic E-state index is 0.290. The maximum atomic E-state index is 4.17. The van der Waals surface area contributed by atoms with Crippen molar-refractivity contribution in [3.8, 4) is 0 Å². The zero-order valence-corrected chi connectivity index (χ0v) is 14.6. The van der Waals surface area contributed by atoms with E-state index >= 15 is 0 Å². The van der Waals surface area contributed by atoms with Crippen LogP contribution in [0, 0.1) is 5.92 Å². The normalized spacial score (nSPS) is 20.3. The van der Waals surface area contributed by atoms with E-state index < -0.39 is 0 Å². The van der Waals surface area contributed by atoms with Gasteiger partial charge < -0.3 is 4.90 Å². The van der Waals surface area contributed by atoms with Gasteiger partial charge in [-0.05, 0) is 67.3 Å². The molecule has 1 aromatic heterocycles. The summed E-state index contributed by atoms with van der Waals surface area (Å²) in [5.41, 5.74) is 2.97. The standard InChI is InChI=1S/C18H26N6/c1-14(18-19-20-21-22(18)2)23-10-7-15(8-11-23)13-24-12-9-16-5-3-4-6-17(16)24/h3-6,14-15H,7-13H2,1-2H3/t14-/m0/s1. The second kappa shape index (κ2) is 6.51. The van der Waals surface area contributed by atoms with Crippen LogP contribution in [0.1, 0.15) is 37.2 Å². The van der Waals surface area contributed by atoms with E-state index in [4.69, 9.17) is 0 Å². The topological polar surface area (TPSA) is 50.1 Å². The van der Waals surface area contributed by atoms with Gasteiger partial charge in [0, 0.05) is 25.8 Å². The molecule has 2 aromatic rings. The van der Waals surface area contributed by atoms with Crippen LogP contribution in [0.2, 0.25) is 0 Å². The summed E-state index contributed by atoms with van der Waals surface area (Å²) in [6.07, 6.45) is 3.72. The molecular weight excluding hydrogens is 300 g/mol. The van der Waals surface area contributed by atoms with Gasteiger partial charge in [-0.1, -0.05) is 18.2 Å². The number of piperidine rings is 1. The number of likely N-dealkylation sites (tertiary alicyclic amines) is 1. The number of nitrogens with zero attached hydrogens (tertiary/aromatic N) is 6. The molecule has 128 valence electrons.